The lowest BCUT2D eigenvalue weighted by Gasteiger charge is -2.39. The molecule has 51 heavy (non-hydrogen) atoms. The first-order valence-electron chi connectivity index (χ1n) is 19.2. The van der Waals surface area contributed by atoms with Crippen LogP contribution in [0.1, 0.15) is 107 Å². The summed E-state index contributed by atoms with van der Waals surface area (Å²) in [4.78, 5) is 49.3. The molecule has 1 aromatic heterocycles. The van der Waals surface area contributed by atoms with Gasteiger partial charge in [0.15, 0.2) is 0 Å². The van der Waals surface area contributed by atoms with Gasteiger partial charge in [-0.1, -0.05) is 56.4 Å². The highest BCUT2D eigenvalue weighted by Crippen LogP contribution is 2.34. The first-order valence-corrected chi connectivity index (χ1v) is 19.2. The maximum atomic E-state index is 13.9. The second-order valence-electron chi connectivity index (χ2n) is 14.2. The summed E-state index contributed by atoms with van der Waals surface area (Å²) in [5, 5.41) is 13.9. The summed E-state index contributed by atoms with van der Waals surface area (Å²) in [5.41, 5.74) is 2.93. The predicted molar refractivity (Wildman–Crippen MR) is 203 cm³/mol. The maximum absolute atomic E-state index is 13.9. The van der Waals surface area contributed by atoms with Crippen molar-refractivity contribution in [2.75, 3.05) is 45.2 Å². The zero-order valence-corrected chi connectivity index (χ0v) is 30.9. The molecule has 3 aromatic rings. The number of nitrogens with zero attached hydrogens (tertiary/aromatic N) is 4. The molecule has 0 radical (unpaired) electrons. The number of carbonyl (C=O) groups is 3. The van der Waals surface area contributed by atoms with Gasteiger partial charge in [0.05, 0.1) is 12.8 Å². The lowest BCUT2D eigenvalue weighted by molar-refractivity contribution is -0.135. The Kier molecular flexibility index (Phi) is 14.1. The molecule has 0 bridgehead atoms. The maximum Gasteiger partial charge on any atom is 0.339 e. The van der Waals surface area contributed by atoms with Crippen LogP contribution in [0.15, 0.2) is 48.7 Å². The minimum Gasteiger partial charge on any atom is -0.494 e. The molecule has 276 valence electrons. The zero-order valence-electron chi connectivity index (χ0n) is 30.9. The number of fused-ring (bicyclic) bond motifs is 1. The lowest BCUT2D eigenvalue weighted by Crippen LogP contribution is -2.47. The molecule has 0 atom stereocenters. The molecule has 2 amide bonds. The fraction of sp³-hybridized carbons (Fsp3) is 0.561. The largest absolute Gasteiger partial charge is 0.494 e. The Morgan fingerprint density at radius 1 is 0.922 bits per heavy atom. The van der Waals surface area contributed by atoms with E-state index in [0.717, 1.165) is 82.5 Å². The number of hydrogen-bond donors (Lipinski definition) is 2. The summed E-state index contributed by atoms with van der Waals surface area (Å²) in [6, 6.07) is 13.6. The number of para-hydroxylation sites is 1. The highest BCUT2D eigenvalue weighted by atomic mass is 16.5. The molecular weight excluding hydrogens is 642 g/mol. The van der Waals surface area contributed by atoms with Crippen molar-refractivity contribution >= 4 is 40.1 Å². The predicted octanol–water partition coefficient (Wildman–Crippen LogP) is 7.88. The number of benzene rings is 2. The second kappa shape index (κ2) is 18.9. The molecule has 2 aromatic carbocycles. The summed E-state index contributed by atoms with van der Waals surface area (Å²) in [6.45, 7) is 9.19. The van der Waals surface area contributed by atoms with Gasteiger partial charge in [-0.3, -0.25) is 14.6 Å². The number of nitrogens with one attached hydrogen (secondary N) is 1. The van der Waals surface area contributed by atoms with E-state index in [1.54, 1.807) is 13.2 Å². The van der Waals surface area contributed by atoms with Gasteiger partial charge in [-0.05, 0) is 82.2 Å². The summed E-state index contributed by atoms with van der Waals surface area (Å²) in [7, 11) is 1.57. The number of pyridine rings is 1. The third kappa shape index (κ3) is 10.2. The van der Waals surface area contributed by atoms with Gasteiger partial charge in [0.25, 0.3) is 0 Å². The van der Waals surface area contributed by atoms with Gasteiger partial charge in [0, 0.05) is 68.9 Å². The van der Waals surface area contributed by atoms with Gasteiger partial charge in [-0.15, -0.1) is 0 Å². The molecule has 1 aliphatic heterocycles. The molecule has 2 fully saturated rings. The summed E-state index contributed by atoms with van der Waals surface area (Å²) in [6.07, 6.45) is 13.7. The van der Waals surface area contributed by atoms with E-state index in [1.807, 2.05) is 55.1 Å². The summed E-state index contributed by atoms with van der Waals surface area (Å²) >= 11 is 0. The highest BCUT2D eigenvalue weighted by Gasteiger charge is 2.29. The van der Waals surface area contributed by atoms with Crippen molar-refractivity contribution in [2.24, 2.45) is 5.92 Å². The molecular formula is C41H57N5O5. The fourth-order valence-corrected chi connectivity index (χ4v) is 7.86. The number of aromatic carboxylic acids is 1. The normalized spacial score (nSPS) is 15.6. The minimum absolute atomic E-state index is 0.0793. The van der Waals surface area contributed by atoms with Crippen LogP contribution in [0.2, 0.25) is 0 Å². The van der Waals surface area contributed by atoms with Crippen LogP contribution < -0.4 is 10.1 Å². The van der Waals surface area contributed by atoms with E-state index in [9.17, 15) is 19.5 Å². The Bertz CT molecular complexity index is 1590. The van der Waals surface area contributed by atoms with Crippen LogP contribution in [-0.4, -0.2) is 88.4 Å². The van der Waals surface area contributed by atoms with E-state index < -0.39 is 5.97 Å². The first kappa shape index (κ1) is 38.1. The van der Waals surface area contributed by atoms with E-state index in [0.29, 0.717) is 47.6 Å². The smallest absolute Gasteiger partial charge is 0.339 e. The van der Waals surface area contributed by atoms with Crippen molar-refractivity contribution in [3.63, 3.8) is 0 Å². The number of likely N-dealkylation sites (tertiary alicyclic amines) is 1. The number of piperidine rings is 1. The quantitative estimate of drug-likeness (QED) is 0.129. The van der Waals surface area contributed by atoms with Crippen molar-refractivity contribution in [1.29, 1.82) is 0 Å². The van der Waals surface area contributed by atoms with Crippen LogP contribution in [0, 0.1) is 5.92 Å². The number of rotatable bonds is 18. The number of unbranched alkanes of at least 4 members (excludes halogenated alkanes) is 2. The van der Waals surface area contributed by atoms with Gasteiger partial charge in [-0.25, -0.2) is 4.79 Å². The Balaban J connectivity index is 1.21. The number of ether oxygens (including phenoxy) is 1. The standard InChI is InChI=1S/C41H57N5O5/c1-4-45(5-2)37(47)16-7-6-10-25-44-26-23-33(24-27-44)46(38(48)22-19-30-12-8-9-13-30)29-31-17-20-32(21-18-31)43-39-34-14-11-15-36(51-3)40(34)42-28-35(39)41(49)50/h11,14-15,17-18,20-21,28,30,33H,4-10,12-13,16,19,22-27,29H2,1-3H3,(H,42,43)(H,49,50). The van der Waals surface area contributed by atoms with Crippen LogP contribution in [0.25, 0.3) is 10.9 Å². The van der Waals surface area contributed by atoms with Crippen LogP contribution in [0.4, 0.5) is 11.4 Å². The van der Waals surface area contributed by atoms with E-state index >= 15 is 0 Å². The average molecular weight is 700 g/mol. The molecule has 2 heterocycles. The molecule has 0 spiro atoms. The van der Waals surface area contributed by atoms with E-state index in [2.05, 4.69) is 20.1 Å². The van der Waals surface area contributed by atoms with Crippen LogP contribution >= 0.6 is 0 Å². The van der Waals surface area contributed by atoms with Crippen LogP contribution in [0.5, 0.6) is 5.75 Å². The van der Waals surface area contributed by atoms with Crippen LogP contribution in [0.3, 0.4) is 0 Å². The average Bonchev–Trinajstić information content (AvgIpc) is 3.68. The van der Waals surface area contributed by atoms with Crippen molar-refractivity contribution in [3.8, 4) is 5.75 Å². The number of amides is 2. The molecule has 2 N–H and O–H groups in total. The van der Waals surface area contributed by atoms with Gasteiger partial charge < -0.3 is 29.9 Å². The number of aromatic nitrogens is 1. The van der Waals surface area contributed by atoms with Crippen molar-refractivity contribution < 1.29 is 24.2 Å². The van der Waals surface area contributed by atoms with Gasteiger partial charge in [0.2, 0.25) is 11.8 Å². The molecule has 5 rings (SSSR count). The van der Waals surface area contributed by atoms with Gasteiger partial charge >= 0.3 is 5.97 Å². The van der Waals surface area contributed by atoms with Crippen LogP contribution in [-0.2, 0) is 16.1 Å². The monoisotopic (exact) mass is 699 g/mol. The molecule has 1 saturated heterocycles. The Morgan fingerprint density at radius 3 is 2.31 bits per heavy atom. The molecule has 10 heteroatoms. The lowest BCUT2D eigenvalue weighted by atomic mass is 9.98. The number of carboxylic acids is 1. The molecule has 2 aliphatic rings. The van der Waals surface area contributed by atoms with E-state index in [1.165, 1.54) is 31.9 Å². The zero-order chi connectivity index (χ0) is 36.2. The highest BCUT2D eigenvalue weighted by molar-refractivity contribution is 6.06. The van der Waals surface area contributed by atoms with Crippen molar-refractivity contribution in [3.05, 3.63) is 59.8 Å². The van der Waals surface area contributed by atoms with E-state index in [-0.39, 0.29) is 23.4 Å². The third-order valence-electron chi connectivity index (χ3n) is 10.9. The van der Waals surface area contributed by atoms with E-state index in [4.69, 9.17) is 4.74 Å². The van der Waals surface area contributed by atoms with Gasteiger partial charge in [0.1, 0.15) is 16.8 Å². The Hall–Kier alpha value is -4.18. The number of carbonyl (C=O) groups excluding carboxylic acids is 2. The van der Waals surface area contributed by atoms with Crippen molar-refractivity contribution in [2.45, 2.75) is 103 Å². The summed E-state index contributed by atoms with van der Waals surface area (Å²) in [5.74, 6) is 0.700. The molecule has 10 nitrogen and oxygen atoms in total. The SMILES string of the molecule is CCN(CC)C(=O)CCCCCN1CCC(N(Cc2ccc(Nc3c(C(=O)O)cnc4c(OC)cccc34)cc2)C(=O)CCC2CCCC2)CC1. The summed E-state index contributed by atoms with van der Waals surface area (Å²) < 4.78 is 5.47. The number of hydrogen-bond acceptors (Lipinski definition) is 7. The number of carboxylic acid groups (broad SMARTS) is 1. The van der Waals surface area contributed by atoms with Crippen molar-refractivity contribution in [1.82, 2.24) is 19.7 Å². The Morgan fingerprint density at radius 2 is 1.65 bits per heavy atom. The molecule has 1 aliphatic carbocycles. The molecule has 0 unspecified atom stereocenters. The Labute approximate surface area is 303 Å². The minimum atomic E-state index is -1.06. The molecule has 1 saturated carbocycles. The third-order valence-corrected chi connectivity index (χ3v) is 10.9. The first-order chi connectivity index (χ1) is 24.8. The fourth-order valence-electron chi connectivity index (χ4n) is 7.86. The second-order valence-corrected chi connectivity index (χ2v) is 14.2. The number of methoxy groups -OCH3 is 1. The number of anilines is 2. The van der Waals surface area contributed by atoms with Gasteiger partial charge in [-0.2, -0.15) is 0 Å². The topological polar surface area (TPSA) is 115 Å².